The van der Waals surface area contributed by atoms with E-state index in [1.165, 1.54) is 4.52 Å². The molecule has 40 heavy (non-hydrogen) atoms. The van der Waals surface area contributed by atoms with Crippen LogP contribution in [0.25, 0.3) is 16.7 Å². The van der Waals surface area contributed by atoms with Gasteiger partial charge in [-0.2, -0.15) is 14.6 Å². The van der Waals surface area contributed by atoms with Crippen molar-refractivity contribution in [1.29, 1.82) is 0 Å². The Bertz CT molecular complexity index is 1530. The van der Waals surface area contributed by atoms with E-state index in [-0.39, 0.29) is 24.5 Å². The van der Waals surface area contributed by atoms with E-state index in [9.17, 15) is 9.59 Å². The van der Waals surface area contributed by atoms with E-state index in [0.29, 0.717) is 48.9 Å². The van der Waals surface area contributed by atoms with Crippen LogP contribution < -0.4 is 15.4 Å². The SMILES string of the molecule is CCOC(=O)COc1ccc(N2CCN(CCn3ncc4c3nc(N)n3nc(C5CCC(=O)O5)nc43)CC2)cc1. The highest BCUT2D eigenvalue weighted by Gasteiger charge is 2.29. The molecule has 2 aliphatic heterocycles. The maximum Gasteiger partial charge on any atom is 0.344 e. The van der Waals surface area contributed by atoms with Gasteiger partial charge in [0.05, 0.1) is 24.7 Å². The lowest BCUT2D eigenvalue weighted by molar-refractivity contribution is -0.145. The van der Waals surface area contributed by atoms with Crippen molar-refractivity contribution in [3.8, 4) is 5.75 Å². The van der Waals surface area contributed by atoms with Crippen LogP contribution in [-0.2, 0) is 25.6 Å². The van der Waals surface area contributed by atoms with E-state index in [0.717, 1.165) is 43.8 Å². The molecule has 0 radical (unpaired) electrons. The molecule has 0 aliphatic carbocycles. The standard InChI is InChI=1S/C26H31N9O5/c1-2-38-22(37)16-39-18-5-3-17(4-6-18)33-12-9-32(10-13-33)11-14-34-24-19(15-28-34)25-29-23(20-7-8-21(36)40-20)31-35(25)26(27)30-24/h3-6,15,20H,2,7-14,16H2,1H3,(H2,27,30). The Balaban J connectivity index is 1.05. The van der Waals surface area contributed by atoms with Crippen LogP contribution in [0, 0.1) is 0 Å². The molecule has 14 nitrogen and oxygen atoms in total. The summed E-state index contributed by atoms with van der Waals surface area (Å²) in [5.74, 6) is 0.649. The van der Waals surface area contributed by atoms with Crippen molar-refractivity contribution in [2.75, 3.05) is 56.6 Å². The summed E-state index contributed by atoms with van der Waals surface area (Å²) in [5.41, 5.74) is 8.53. The molecule has 0 bridgehead atoms. The van der Waals surface area contributed by atoms with Gasteiger partial charge >= 0.3 is 11.9 Å². The Morgan fingerprint density at radius 2 is 1.90 bits per heavy atom. The molecule has 3 aromatic heterocycles. The van der Waals surface area contributed by atoms with Gasteiger partial charge in [0.1, 0.15) is 5.75 Å². The number of esters is 2. The number of ether oxygens (including phenoxy) is 3. The van der Waals surface area contributed by atoms with Gasteiger partial charge < -0.3 is 24.8 Å². The summed E-state index contributed by atoms with van der Waals surface area (Å²) in [5, 5.41) is 9.73. The van der Waals surface area contributed by atoms with Crippen molar-refractivity contribution in [2.45, 2.75) is 32.4 Å². The third kappa shape index (κ3) is 5.21. The number of nitrogens with two attached hydrogens (primary N) is 1. The number of hydrogen-bond acceptors (Lipinski definition) is 12. The Hall–Kier alpha value is -4.46. The minimum absolute atomic E-state index is 0.0952. The fourth-order valence-corrected chi connectivity index (χ4v) is 5.04. The number of fused-ring (bicyclic) bond motifs is 3. The predicted molar refractivity (Wildman–Crippen MR) is 144 cm³/mol. The molecule has 5 heterocycles. The van der Waals surface area contributed by atoms with Crippen LogP contribution in [0.2, 0.25) is 0 Å². The van der Waals surface area contributed by atoms with Crippen LogP contribution in [0.5, 0.6) is 5.75 Å². The van der Waals surface area contributed by atoms with Crippen molar-refractivity contribution >= 4 is 40.3 Å². The third-order valence-electron chi connectivity index (χ3n) is 7.15. The normalized spacial score (nSPS) is 18.0. The maximum atomic E-state index is 11.5. The van der Waals surface area contributed by atoms with Gasteiger partial charge in [0, 0.05) is 51.3 Å². The first-order valence-electron chi connectivity index (χ1n) is 13.4. The highest BCUT2D eigenvalue weighted by molar-refractivity contribution is 5.89. The van der Waals surface area contributed by atoms with Crippen LogP contribution in [0.1, 0.15) is 31.7 Å². The number of anilines is 2. The fraction of sp³-hybridized carbons (Fsp3) is 0.462. The van der Waals surface area contributed by atoms with Gasteiger partial charge in [0.2, 0.25) is 5.95 Å². The lowest BCUT2D eigenvalue weighted by atomic mass is 10.2. The summed E-state index contributed by atoms with van der Waals surface area (Å²) in [6, 6.07) is 7.76. The molecule has 2 fully saturated rings. The number of nitrogens with zero attached hydrogens (tertiary/aromatic N) is 8. The topological polar surface area (TPSA) is 155 Å². The van der Waals surface area contributed by atoms with Crippen molar-refractivity contribution in [3.63, 3.8) is 0 Å². The van der Waals surface area contributed by atoms with E-state index >= 15 is 0 Å². The van der Waals surface area contributed by atoms with Gasteiger partial charge in [-0.05, 0) is 31.2 Å². The summed E-state index contributed by atoms with van der Waals surface area (Å²) >= 11 is 0. The zero-order chi connectivity index (χ0) is 27.6. The first-order chi connectivity index (χ1) is 19.5. The lowest BCUT2D eigenvalue weighted by Crippen LogP contribution is -2.47. The number of aromatic nitrogens is 6. The second kappa shape index (κ2) is 11.0. The van der Waals surface area contributed by atoms with E-state index in [1.54, 1.807) is 13.1 Å². The number of benzene rings is 1. The van der Waals surface area contributed by atoms with Gasteiger partial charge in [0.15, 0.2) is 29.8 Å². The molecular weight excluding hydrogens is 518 g/mol. The van der Waals surface area contributed by atoms with Gasteiger partial charge in [-0.3, -0.25) is 9.69 Å². The number of cyclic esters (lactones) is 1. The highest BCUT2D eigenvalue weighted by Crippen LogP contribution is 2.29. The number of piperazine rings is 1. The third-order valence-corrected chi connectivity index (χ3v) is 7.15. The number of rotatable bonds is 9. The minimum Gasteiger partial charge on any atom is -0.482 e. The summed E-state index contributed by atoms with van der Waals surface area (Å²) in [6.07, 6.45) is 2.18. The number of nitrogen functional groups attached to an aromatic ring is 1. The molecule has 14 heteroatoms. The molecule has 2 N–H and O–H groups in total. The second-order valence-electron chi connectivity index (χ2n) is 9.71. The average molecular weight is 550 g/mol. The Kier molecular flexibility index (Phi) is 7.07. The quantitative estimate of drug-likeness (QED) is 0.298. The van der Waals surface area contributed by atoms with Gasteiger partial charge in [0.25, 0.3) is 0 Å². The molecule has 1 unspecified atom stereocenters. The molecule has 2 saturated heterocycles. The van der Waals surface area contributed by atoms with E-state index < -0.39 is 6.10 Å². The molecule has 0 amide bonds. The predicted octanol–water partition coefficient (Wildman–Crippen LogP) is 1.20. The molecular formula is C26H31N9O5. The smallest absolute Gasteiger partial charge is 0.344 e. The number of hydrogen-bond donors (Lipinski definition) is 1. The van der Waals surface area contributed by atoms with Crippen LogP contribution in [-0.4, -0.2) is 92.1 Å². The summed E-state index contributed by atoms with van der Waals surface area (Å²) < 4.78 is 19.0. The molecule has 0 saturated carbocycles. The first kappa shape index (κ1) is 25.8. The Labute approximate surface area is 229 Å². The Morgan fingerprint density at radius 1 is 1.10 bits per heavy atom. The van der Waals surface area contributed by atoms with Crippen molar-refractivity contribution in [3.05, 3.63) is 36.3 Å². The lowest BCUT2D eigenvalue weighted by Gasteiger charge is -2.36. The molecule has 6 rings (SSSR count). The van der Waals surface area contributed by atoms with E-state index in [2.05, 4.69) is 30.0 Å². The van der Waals surface area contributed by atoms with Gasteiger partial charge in [-0.25, -0.2) is 14.5 Å². The summed E-state index contributed by atoms with van der Waals surface area (Å²) in [6.45, 7) is 7.08. The summed E-state index contributed by atoms with van der Waals surface area (Å²) in [7, 11) is 0. The monoisotopic (exact) mass is 549 g/mol. The zero-order valence-corrected chi connectivity index (χ0v) is 22.2. The highest BCUT2D eigenvalue weighted by atomic mass is 16.6. The largest absolute Gasteiger partial charge is 0.482 e. The van der Waals surface area contributed by atoms with E-state index in [1.807, 2.05) is 28.9 Å². The van der Waals surface area contributed by atoms with Crippen LogP contribution in [0.3, 0.4) is 0 Å². The molecule has 4 aromatic rings. The number of carbonyl (C=O) groups is 2. The van der Waals surface area contributed by atoms with E-state index in [4.69, 9.17) is 19.9 Å². The van der Waals surface area contributed by atoms with Gasteiger partial charge in [-0.15, -0.1) is 5.10 Å². The van der Waals surface area contributed by atoms with Crippen molar-refractivity contribution in [2.24, 2.45) is 0 Å². The first-order valence-corrected chi connectivity index (χ1v) is 13.4. The fourth-order valence-electron chi connectivity index (χ4n) is 5.04. The van der Waals surface area contributed by atoms with Crippen molar-refractivity contribution < 1.29 is 23.8 Å². The van der Waals surface area contributed by atoms with Crippen LogP contribution in [0.15, 0.2) is 30.5 Å². The maximum absolute atomic E-state index is 11.5. The number of carbonyl (C=O) groups excluding carboxylic acids is 2. The molecule has 1 aromatic carbocycles. The Morgan fingerprint density at radius 3 is 2.62 bits per heavy atom. The second-order valence-corrected chi connectivity index (χ2v) is 9.71. The van der Waals surface area contributed by atoms with Crippen LogP contribution >= 0.6 is 0 Å². The zero-order valence-electron chi connectivity index (χ0n) is 22.2. The summed E-state index contributed by atoms with van der Waals surface area (Å²) in [4.78, 5) is 36.9. The average Bonchev–Trinajstić information content (AvgIpc) is 3.70. The van der Waals surface area contributed by atoms with Gasteiger partial charge in [-0.1, -0.05) is 0 Å². The molecule has 2 aliphatic rings. The minimum atomic E-state index is -0.460. The molecule has 0 spiro atoms. The van der Waals surface area contributed by atoms with Crippen LogP contribution in [0.4, 0.5) is 11.6 Å². The molecule has 210 valence electrons. The molecule has 1 atom stereocenters. The van der Waals surface area contributed by atoms with Crippen molar-refractivity contribution in [1.82, 2.24) is 34.3 Å².